The number of para-hydroxylation sites is 1. The number of likely N-dealkylation sites (tertiary alicyclic amines) is 1. The SMILES string of the molecule is CCN1[C@@H]2CCN(C(=O)NC(C)C)CC[C@H]2Oc2ccccc2S1(=O)=O. The minimum absolute atomic E-state index is 0.0619. The summed E-state index contributed by atoms with van der Waals surface area (Å²) in [4.78, 5) is 14.3. The number of likely N-dealkylation sites (N-methyl/N-ethyl adjacent to an activating group) is 1. The van der Waals surface area contributed by atoms with E-state index in [0.29, 0.717) is 38.2 Å². The summed E-state index contributed by atoms with van der Waals surface area (Å²) >= 11 is 0. The number of carbonyl (C=O) groups excluding carboxylic acids is 1. The van der Waals surface area contributed by atoms with E-state index in [2.05, 4.69) is 5.32 Å². The van der Waals surface area contributed by atoms with Crippen molar-refractivity contribution in [3.05, 3.63) is 24.3 Å². The minimum atomic E-state index is -3.62. The first-order valence-electron chi connectivity index (χ1n) is 9.17. The molecule has 2 atom stereocenters. The van der Waals surface area contributed by atoms with Crippen LogP contribution in [0.3, 0.4) is 0 Å². The molecule has 3 rings (SSSR count). The van der Waals surface area contributed by atoms with Crippen LogP contribution < -0.4 is 10.1 Å². The second-order valence-corrected chi connectivity index (χ2v) is 8.91. The molecule has 1 aromatic carbocycles. The van der Waals surface area contributed by atoms with Gasteiger partial charge < -0.3 is 15.0 Å². The van der Waals surface area contributed by atoms with E-state index in [9.17, 15) is 13.2 Å². The van der Waals surface area contributed by atoms with Gasteiger partial charge in [-0.3, -0.25) is 0 Å². The summed E-state index contributed by atoms with van der Waals surface area (Å²) in [6.45, 7) is 7.11. The normalized spacial score (nSPS) is 25.5. The lowest BCUT2D eigenvalue weighted by Crippen LogP contribution is -2.47. The molecule has 2 aliphatic rings. The fourth-order valence-electron chi connectivity index (χ4n) is 3.70. The lowest BCUT2D eigenvalue weighted by molar-refractivity contribution is 0.115. The molecule has 0 saturated carbocycles. The van der Waals surface area contributed by atoms with Crippen LogP contribution in [0, 0.1) is 0 Å². The average Bonchev–Trinajstić information content (AvgIpc) is 2.82. The quantitative estimate of drug-likeness (QED) is 0.850. The number of ether oxygens (including phenoxy) is 1. The average molecular weight is 381 g/mol. The number of fused-ring (bicyclic) bond motifs is 2. The van der Waals surface area contributed by atoms with Gasteiger partial charge in [0.2, 0.25) is 10.0 Å². The Balaban J connectivity index is 1.90. The monoisotopic (exact) mass is 381 g/mol. The molecule has 8 heteroatoms. The van der Waals surface area contributed by atoms with Gasteiger partial charge in [0.25, 0.3) is 0 Å². The number of rotatable bonds is 2. The molecule has 0 unspecified atom stereocenters. The van der Waals surface area contributed by atoms with Crippen LogP contribution in [0.1, 0.15) is 33.6 Å². The van der Waals surface area contributed by atoms with E-state index < -0.39 is 10.0 Å². The molecule has 0 radical (unpaired) electrons. The Morgan fingerprint density at radius 3 is 2.65 bits per heavy atom. The summed E-state index contributed by atoms with van der Waals surface area (Å²) in [6, 6.07) is 6.47. The third kappa shape index (κ3) is 3.53. The van der Waals surface area contributed by atoms with Gasteiger partial charge in [0.1, 0.15) is 16.7 Å². The standard InChI is InChI=1S/C18H27N3O4S/c1-4-21-14-9-11-20(18(22)19-13(2)3)12-10-15(14)25-16-7-5-6-8-17(16)26(21,23)24/h5-8,13-15H,4,9-12H2,1-3H3,(H,19,22)/t14-,15-/m1/s1. The first-order chi connectivity index (χ1) is 12.3. The van der Waals surface area contributed by atoms with E-state index in [0.717, 1.165) is 0 Å². The summed E-state index contributed by atoms with van der Waals surface area (Å²) in [6.07, 6.45) is 0.874. The molecule has 2 heterocycles. The molecular formula is C18H27N3O4S. The molecule has 0 aliphatic carbocycles. The summed E-state index contributed by atoms with van der Waals surface area (Å²) in [5, 5.41) is 2.91. The number of nitrogens with zero attached hydrogens (tertiary/aromatic N) is 2. The van der Waals surface area contributed by atoms with E-state index in [1.54, 1.807) is 29.2 Å². The van der Waals surface area contributed by atoms with Crippen LogP contribution >= 0.6 is 0 Å². The smallest absolute Gasteiger partial charge is 0.317 e. The van der Waals surface area contributed by atoms with E-state index in [1.165, 1.54) is 4.31 Å². The van der Waals surface area contributed by atoms with Gasteiger partial charge in [0, 0.05) is 32.1 Å². The molecule has 2 aliphatic heterocycles. The molecule has 7 nitrogen and oxygen atoms in total. The maximum absolute atomic E-state index is 13.1. The van der Waals surface area contributed by atoms with Crippen LogP contribution in [0.2, 0.25) is 0 Å². The number of hydrogen-bond acceptors (Lipinski definition) is 4. The summed E-state index contributed by atoms with van der Waals surface area (Å²) < 4.78 is 33.9. The molecule has 1 aromatic rings. The van der Waals surface area contributed by atoms with Crippen molar-refractivity contribution in [1.29, 1.82) is 0 Å². The largest absolute Gasteiger partial charge is 0.487 e. The molecule has 2 amide bonds. The Morgan fingerprint density at radius 1 is 1.27 bits per heavy atom. The van der Waals surface area contributed by atoms with Gasteiger partial charge in [-0.25, -0.2) is 13.2 Å². The zero-order valence-electron chi connectivity index (χ0n) is 15.5. The molecule has 0 aromatic heterocycles. The van der Waals surface area contributed by atoms with Crippen LogP contribution in [-0.2, 0) is 10.0 Å². The molecule has 1 N–H and O–H groups in total. The Hall–Kier alpha value is -1.80. The first kappa shape index (κ1) is 19.0. The van der Waals surface area contributed by atoms with Gasteiger partial charge in [-0.15, -0.1) is 0 Å². The van der Waals surface area contributed by atoms with Crippen LogP contribution in [0.25, 0.3) is 0 Å². The summed E-state index contributed by atoms with van der Waals surface area (Å²) in [5.41, 5.74) is 0. The Morgan fingerprint density at radius 2 is 1.96 bits per heavy atom. The van der Waals surface area contributed by atoms with Gasteiger partial charge in [-0.2, -0.15) is 4.31 Å². The van der Waals surface area contributed by atoms with Crippen molar-refractivity contribution >= 4 is 16.1 Å². The molecule has 26 heavy (non-hydrogen) atoms. The van der Waals surface area contributed by atoms with Crippen molar-refractivity contribution in [3.8, 4) is 5.75 Å². The predicted molar refractivity (Wildman–Crippen MR) is 98.7 cm³/mol. The number of nitrogens with one attached hydrogen (secondary N) is 1. The van der Waals surface area contributed by atoms with Crippen LogP contribution in [0.5, 0.6) is 5.75 Å². The van der Waals surface area contributed by atoms with E-state index in [-0.39, 0.29) is 29.1 Å². The van der Waals surface area contributed by atoms with Gasteiger partial charge in [0.05, 0.1) is 6.04 Å². The highest BCUT2D eigenvalue weighted by Crippen LogP contribution is 2.36. The Labute approximate surface area is 155 Å². The number of carbonyl (C=O) groups is 1. The molecule has 1 fully saturated rings. The third-order valence-corrected chi connectivity index (χ3v) is 6.94. The predicted octanol–water partition coefficient (Wildman–Crippen LogP) is 2.04. The lowest BCUT2D eigenvalue weighted by Gasteiger charge is -2.30. The van der Waals surface area contributed by atoms with Crippen LogP contribution in [0.15, 0.2) is 29.2 Å². The highest BCUT2D eigenvalue weighted by Gasteiger charge is 2.42. The number of hydrogen-bond donors (Lipinski definition) is 1. The fourth-order valence-corrected chi connectivity index (χ4v) is 5.51. The molecular weight excluding hydrogens is 354 g/mol. The van der Waals surface area contributed by atoms with Gasteiger partial charge in [0.15, 0.2) is 0 Å². The van der Waals surface area contributed by atoms with Gasteiger partial charge in [-0.1, -0.05) is 19.1 Å². The van der Waals surface area contributed by atoms with Crippen molar-refractivity contribution in [2.24, 2.45) is 0 Å². The van der Waals surface area contributed by atoms with Crippen LogP contribution in [-0.4, -0.2) is 61.5 Å². The highest BCUT2D eigenvalue weighted by atomic mass is 32.2. The zero-order chi connectivity index (χ0) is 18.9. The van der Waals surface area contributed by atoms with Crippen molar-refractivity contribution in [1.82, 2.24) is 14.5 Å². The van der Waals surface area contributed by atoms with E-state index in [4.69, 9.17) is 4.74 Å². The lowest BCUT2D eigenvalue weighted by atomic mass is 10.1. The number of benzene rings is 1. The fraction of sp³-hybridized carbons (Fsp3) is 0.611. The maximum Gasteiger partial charge on any atom is 0.317 e. The number of urea groups is 1. The van der Waals surface area contributed by atoms with Crippen molar-refractivity contribution in [3.63, 3.8) is 0 Å². The summed E-state index contributed by atoms with van der Waals surface area (Å²) in [5.74, 6) is 0.401. The molecule has 1 saturated heterocycles. The van der Waals surface area contributed by atoms with Gasteiger partial charge in [-0.05, 0) is 32.4 Å². The third-order valence-electron chi connectivity index (χ3n) is 4.90. The second kappa shape index (κ2) is 7.44. The van der Waals surface area contributed by atoms with E-state index in [1.807, 2.05) is 20.8 Å². The molecule has 144 valence electrons. The van der Waals surface area contributed by atoms with Crippen molar-refractivity contribution in [2.75, 3.05) is 19.6 Å². The van der Waals surface area contributed by atoms with Crippen LogP contribution in [0.4, 0.5) is 4.79 Å². The van der Waals surface area contributed by atoms with Crippen molar-refractivity contribution < 1.29 is 17.9 Å². The maximum atomic E-state index is 13.1. The molecule has 0 bridgehead atoms. The Bertz CT molecular complexity index is 765. The Kier molecular flexibility index (Phi) is 5.43. The topological polar surface area (TPSA) is 79.0 Å². The van der Waals surface area contributed by atoms with Crippen molar-refractivity contribution in [2.45, 2.75) is 56.7 Å². The zero-order valence-corrected chi connectivity index (χ0v) is 16.3. The highest BCUT2D eigenvalue weighted by molar-refractivity contribution is 7.89. The van der Waals surface area contributed by atoms with E-state index >= 15 is 0 Å². The molecule has 0 spiro atoms. The number of amides is 2. The second-order valence-electron chi connectivity index (χ2n) is 7.05. The number of sulfonamides is 1. The first-order valence-corrected chi connectivity index (χ1v) is 10.6. The van der Waals surface area contributed by atoms with Gasteiger partial charge >= 0.3 is 6.03 Å². The summed E-state index contributed by atoms with van der Waals surface area (Å²) in [7, 11) is -3.62. The minimum Gasteiger partial charge on any atom is -0.487 e.